The van der Waals surface area contributed by atoms with E-state index in [1.807, 2.05) is 12.1 Å². The zero-order valence-corrected chi connectivity index (χ0v) is 21.0. The number of benzene rings is 3. The summed E-state index contributed by atoms with van der Waals surface area (Å²) in [5.41, 5.74) is 7.83. The van der Waals surface area contributed by atoms with Gasteiger partial charge in [-0.05, 0) is 83.9 Å². The lowest BCUT2D eigenvalue weighted by Gasteiger charge is -2.19. The van der Waals surface area contributed by atoms with Gasteiger partial charge in [-0.15, -0.1) is 0 Å². The van der Waals surface area contributed by atoms with Crippen LogP contribution in [0, 0.1) is 0 Å². The van der Waals surface area contributed by atoms with Gasteiger partial charge >= 0.3 is 0 Å². The summed E-state index contributed by atoms with van der Waals surface area (Å²) < 4.78 is 0. The minimum atomic E-state index is -0.469. The highest BCUT2D eigenvalue weighted by Gasteiger charge is 2.15. The third-order valence-corrected chi connectivity index (χ3v) is 5.50. The molecule has 0 bridgehead atoms. The molecule has 0 spiro atoms. The summed E-state index contributed by atoms with van der Waals surface area (Å²) in [4.78, 5) is 37.0. The summed E-state index contributed by atoms with van der Waals surface area (Å²) in [5, 5.41) is 5.71. The number of nitrogens with one attached hydrogen (secondary N) is 4. The van der Waals surface area contributed by atoms with Gasteiger partial charge in [-0.3, -0.25) is 30.6 Å². The van der Waals surface area contributed by atoms with E-state index in [2.05, 4.69) is 42.3 Å². The van der Waals surface area contributed by atoms with E-state index < -0.39 is 11.8 Å². The van der Waals surface area contributed by atoms with Crippen molar-refractivity contribution in [3.63, 3.8) is 0 Å². The van der Waals surface area contributed by atoms with Crippen molar-refractivity contribution in [3.05, 3.63) is 100 Å². The molecule has 0 aliphatic heterocycles. The summed E-state index contributed by atoms with van der Waals surface area (Å²) in [6.07, 6.45) is 0. The Bertz CT molecular complexity index is 1240. The summed E-state index contributed by atoms with van der Waals surface area (Å²) in [6, 6.07) is 20.1. The number of carbonyl (C=O) groups is 3. The van der Waals surface area contributed by atoms with Gasteiger partial charge in [0.15, 0.2) is 5.11 Å². The first-order chi connectivity index (χ1) is 16.5. The molecule has 35 heavy (non-hydrogen) atoms. The Kier molecular flexibility index (Phi) is 8.22. The number of rotatable bonds is 4. The molecule has 0 saturated carbocycles. The van der Waals surface area contributed by atoms with E-state index in [-0.39, 0.29) is 16.4 Å². The topological polar surface area (TPSA) is 99.3 Å². The normalized spacial score (nSPS) is 10.7. The number of anilines is 1. The van der Waals surface area contributed by atoms with E-state index in [0.29, 0.717) is 27.4 Å². The highest BCUT2D eigenvalue weighted by molar-refractivity contribution is 7.80. The third-order valence-electron chi connectivity index (χ3n) is 5.04. The Hall–Kier alpha value is -3.75. The minimum absolute atomic E-state index is 0.00624. The summed E-state index contributed by atoms with van der Waals surface area (Å²) in [6.45, 7) is 6.33. The van der Waals surface area contributed by atoms with Gasteiger partial charge in [0.2, 0.25) is 0 Å². The van der Waals surface area contributed by atoms with Crippen LogP contribution in [0.1, 0.15) is 57.4 Å². The van der Waals surface area contributed by atoms with Crippen molar-refractivity contribution in [2.24, 2.45) is 0 Å². The molecular formula is C26H25ClN4O3S. The maximum absolute atomic E-state index is 12.5. The van der Waals surface area contributed by atoms with Crippen molar-refractivity contribution >= 4 is 52.3 Å². The number of halogens is 1. The lowest BCUT2D eigenvalue weighted by Crippen LogP contribution is -2.48. The first-order valence-electron chi connectivity index (χ1n) is 10.7. The van der Waals surface area contributed by atoms with Gasteiger partial charge in [0.05, 0.1) is 0 Å². The molecular weight excluding hydrogens is 484 g/mol. The number of hydrogen-bond acceptors (Lipinski definition) is 4. The van der Waals surface area contributed by atoms with Crippen LogP contribution in [0.2, 0.25) is 5.02 Å². The molecule has 0 fully saturated rings. The Morgan fingerprint density at radius 1 is 0.686 bits per heavy atom. The average molecular weight is 509 g/mol. The van der Waals surface area contributed by atoms with Crippen LogP contribution in [0.15, 0.2) is 72.8 Å². The Balaban J connectivity index is 1.50. The van der Waals surface area contributed by atoms with Gasteiger partial charge in [-0.25, -0.2) is 0 Å². The molecule has 0 aromatic heterocycles. The van der Waals surface area contributed by atoms with Crippen LogP contribution >= 0.6 is 23.8 Å². The first-order valence-corrected chi connectivity index (χ1v) is 11.5. The van der Waals surface area contributed by atoms with E-state index in [9.17, 15) is 14.4 Å². The SMILES string of the molecule is CC(C)(C)c1ccc(C(=O)Nc2ccc(C(=O)NNC(=S)NC(=O)c3ccc(Cl)cc3)cc2)cc1. The van der Waals surface area contributed by atoms with E-state index in [4.69, 9.17) is 23.8 Å². The number of hydrogen-bond donors (Lipinski definition) is 4. The van der Waals surface area contributed by atoms with Crippen LogP contribution in [-0.4, -0.2) is 22.8 Å². The Morgan fingerprint density at radius 3 is 1.74 bits per heavy atom. The maximum Gasteiger partial charge on any atom is 0.269 e. The average Bonchev–Trinajstić information content (AvgIpc) is 2.83. The quantitative estimate of drug-likeness (QED) is 0.298. The van der Waals surface area contributed by atoms with Crippen molar-refractivity contribution < 1.29 is 14.4 Å². The van der Waals surface area contributed by atoms with Crippen molar-refractivity contribution in [2.45, 2.75) is 26.2 Å². The minimum Gasteiger partial charge on any atom is -0.322 e. The number of hydrazine groups is 1. The Morgan fingerprint density at radius 2 is 1.17 bits per heavy atom. The highest BCUT2D eigenvalue weighted by atomic mass is 35.5. The van der Waals surface area contributed by atoms with Crippen LogP contribution in [0.5, 0.6) is 0 Å². The molecule has 3 aromatic carbocycles. The lowest BCUT2D eigenvalue weighted by molar-refractivity contribution is 0.0934. The molecule has 0 unspecified atom stereocenters. The van der Waals surface area contributed by atoms with Crippen molar-refractivity contribution in [3.8, 4) is 0 Å². The fourth-order valence-electron chi connectivity index (χ4n) is 3.02. The second-order valence-electron chi connectivity index (χ2n) is 8.73. The van der Waals surface area contributed by atoms with Gasteiger partial charge in [0.25, 0.3) is 17.7 Å². The van der Waals surface area contributed by atoms with Crippen LogP contribution in [0.3, 0.4) is 0 Å². The fourth-order valence-corrected chi connectivity index (χ4v) is 3.29. The molecule has 0 radical (unpaired) electrons. The number of carbonyl (C=O) groups excluding carboxylic acids is 3. The Labute approximate surface area is 214 Å². The third kappa shape index (κ3) is 7.37. The first kappa shape index (κ1) is 25.9. The van der Waals surface area contributed by atoms with Crippen LogP contribution in [0.25, 0.3) is 0 Å². The molecule has 3 aromatic rings. The van der Waals surface area contributed by atoms with Crippen molar-refractivity contribution in [1.29, 1.82) is 0 Å². The predicted molar refractivity (Wildman–Crippen MR) is 142 cm³/mol. The van der Waals surface area contributed by atoms with Crippen LogP contribution in [0.4, 0.5) is 5.69 Å². The van der Waals surface area contributed by atoms with Gasteiger partial charge in [-0.2, -0.15) is 0 Å². The summed E-state index contributed by atoms with van der Waals surface area (Å²) >= 11 is 10.8. The summed E-state index contributed by atoms with van der Waals surface area (Å²) in [7, 11) is 0. The van der Waals surface area contributed by atoms with Gasteiger partial charge in [-0.1, -0.05) is 44.5 Å². The van der Waals surface area contributed by atoms with Crippen LogP contribution in [-0.2, 0) is 5.41 Å². The smallest absolute Gasteiger partial charge is 0.269 e. The maximum atomic E-state index is 12.5. The molecule has 0 atom stereocenters. The largest absolute Gasteiger partial charge is 0.322 e. The molecule has 0 aliphatic carbocycles. The van der Waals surface area contributed by atoms with Crippen LogP contribution < -0.4 is 21.5 Å². The summed E-state index contributed by atoms with van der Waals surface area (Å²) in [5.74, 6) is -1.16. The monoisotopic (exact) mass is 508 g/mol. The predicted octanol–water partition coefficient (Wildman–Crippen LogP) is 4.84. The molecule has 9 heteroatoms. The van der Waals surface area contributed by atoms with E-state index in [0.717, 1.165) is 5.56 Å². The molecule has 0 saturated heterocycles. The molecule has 3 amide bonds. The van der Waals surface area contributed by atoms with Gasteiger partial charge in [0.1, 0.15) is 0 Å². The molecule has 180 valence electrons. The number of thiocarbonyl (C=S) groups is 1. The van der Waals surface area contributed by atoms with Gasteiger partial charge in [0, 0.05) is 27.4 Å². The van der Waals surface area contributed by atoms with Crippen molar-refractivity contribution in [2.75, 3.05) is 5.32 Å². The molecule has 0 aliphatic rings. The molecule has 3 rings (SSSR count). The van der Waals surface area contributed by atoms with E-state index in [1.165, 1.54) is 0 Å². The number of amides is 3. The lowest BCUT2D eigenvalue weighted by atomic mass is 9.87. The standard InChI is InChI=1S/C26H25ClN4O3S/c1-26(2,3)19-10-4-16(5-11-19)22(32)28-21-14-8-18(9-15-21)24(34)30-31-25(35)29-23(33)17-6-12-20(27)13-7-17/h4-15H,1-3H3,(H,28,32)(H,30,34)(H2,29,31,33,35). The highest BCUT2D eigenvalue weighted by Crippen LogP contribution is 2.22. The van der Waals surface area contributed by atoms with E-state index in [1.54, 1.807) is 60.7 Å². The second kappa shape index (κ2) is 11.1. The second-order valence-corrected chi connectivity index (χ2v) is 9.57. The van der Waals surface area contributed by atoms with Gasteiger partial charge < -0.3 is 5.32 Å². The van der Waals surface area contributed by atoms with Crippen molar-refractivity contribution in [1.82, 2.24) is 16.2 Å². The molecule has 4 N–H and O–H groups in total. The van der Waals surface area contributed by atoms with E-state index >= 15 is 0 Å². The zero-order chi connectivity index (χ0) is 25.6. The fraction of sp³-hybridized carbons (Fsp3) is 0.154. The molecule has 0 heterocycles. The molecule has 7 nitrogen and oxygen atoms in total. The zero-order valence-electron chi connectivity index (χ0n) is 19.4.